The van der Waals surface area contributed by atoms with Crippen molar-refractivity contribution in [3.63, 3.8) is 0 Å². The number of amidine groups is 2. The maximum absolute atomic E-state index is 7.17. The van der Waals surface area contributed by atoms with Gasteiger partial charge in [-0.05, 0) is 0 Å². The summed E-state index contributed by atoms with van der Waals surface area (Å²) in [6.07, 6.45) is 0. The summed E-state index contributed by atoms with van der Waals surface area (Å²) < 4.78 is 0.577. The van der Waals surface area contributed by atoms with Crippen LogP contribution in [-0.2, 0) is 10.6 Å². The molecule has 1 aromatic carbocycles. The molecule has 0 aliphatic carbocycles. The molecule has 0 heterocycles. The van der Waals surface area contributed by atoms with Crippen LogP contribution in [0.5, 0.6) is 0 Å². The van der Waals surface area contributed by atoms with Gasteiger partial charge < -0.3 is 0 Å². The molecule has 0 fully saturated rings. The molecule has 0 unspecified atom stereocenters. The summed E-state index contributed by atoms with van der Waals surface area (Å²) in [7, 11) is 0. The third kappa shape index (κ3) is 5.33. The Balaban J connectivity index is 2.47. The van der Waals surface area contributed by atoms with Crippen LogP contribution in [0.25, 0.3) is 0 Å². The molecule has 1 rings (SSSR count). The second kappa shape index (κ2) is 6.71. The SMILES string of the molecule is N=C(N)[Se]Cc1ccc(C[Se]C(=N)N)cc1. The van der Waals surface area contributed by atoms with Gasteiger partial charge in [-0.15, -0.1) is 0 Å². The van der Waals surface area contributed by atoms with Crippen LogP contribution in [0.15, 0.2) is 24.3 Å². The Labute approximate surface area is 108 Å². The van der Waals surface area contributed by atoms with E-state index in [-0.39, 0.29) is 39.4 Å². The second-order valence-electron chi connectivity index (χ2n) is 3.12. The number of benzene rings is 1. The van der Waals surface area contributed by atoms with Gasteiger partial charge in [0.05, 0.1) is 0 Å². The van der Waals surface area contributed by atoms with Gasteiger partial charge in [0.2, 0.25) is 0 Å². The Bertz CT molecular complexity index is 338. The van der Waals surface area contributed by atoms with Crippen molar-refractivity contribution >= 4 is 39.4 Å². The molecule has 0 bridgehead atoms. The molecule has 16 heavy (non-hydrogen) atoms. The zero-order valence-electron chi connectivity index (χ0n) is 8.69. The summed E-state index contributed by atoms with van der Waals surface area (Å²) in [4.78, 5) is 0. The summed E-state index contributed by atoms with van der Waals surface area (Å²) in [5, 5.41) is 16.1. The van der Waals surface area contributed by atoms with Gasteiger partial charge in [-0.25, -0.2) is 0 Å². The molecular formula is C10H14N4Se2. The van der Waals surface area contributed by atoms with Gasteiger partial charge in [-0.2, -0.15) is 0 Å². The zero-order valence-corrected chi connectivity index (χ0v) is 12.1. The molecule has 0 aliphatic rings. The third-order valence-corrected chi connectivity index (χ3v) is 5.12. The van der Waals surface area contributed by atoms with Crippen LogP contribution in [0.1, 0.15) is 11.1 Å². The van der Waals surface area contributed by atoms with Gasteiger partial charge in [-0.3, -0.25) is 0 Å². The molecular weight excluding hydrogens is 334 g/mol. The van der Waals surface area contributed by atoms with Crippen LogP contribution < -0.4 is 11.5 Å². The molecule has 0 amide bonds. The average Bonchev–Trinajstić information content (AvgIpc) is 2.25. The Hall–Kier alpha value is -0.801. The first-order valence-electron chi connectivity index (χ1n) is 4.59. The van der Waals surface area contributed by atoms with E-state index < -0.39 is 0 Å². The average molecular weight is 348 g/mol. The van der Waals surface area contributed by atoms with Crippen molar-refractivity contribution in [2.45, 2.75) is 10.6 Å². The number of nitrogens with two attached hydrogens (primary N) is 2. The van der Waals surface area contributed by atoms with E-state index in [4.69, 9.17) is 22.3 Å². The summed E-state index contributed by atoms with van der Waals surface area (Å²) >= 11 is 0.148. The first-order valence-corrected chi connectivity index (χ1v) is 8.73. The summed E-state index contributed by atoms with van der Waals surface area (Å²) in [6.45, 7) is 0. The van der Waals surface area contributed by atoms with Crippen molar-refractivity contribution in [2.24, 2.45) is 11.5 Å². The molecule has 0 aromatic heterocycles. The van der Waals surface area contributed by atoms with E-state index in [9.17, 15) is 0 Å². The van der Waals surface area contributed by atoms with Crippen LogP contribution in [0, 0.1) is 10.8 Å². The van der Waals surface area contributed by atoms with E-state index in [1.54, 1.807) is 0 Å². The van der Waals surface area contributed by atoms with Crippen LogP contribution in [0.3, 0.4) is 0 Å². The molecule has 86 valence electrons. The minimum atomic E-state index is 0.0742. The third-order valence-electron chi connectivity index (χ3n) is 1.81. The van der Waals surface area contributed by atoms with Crippen LogP contribution in [0.2, 0.25) is 0 Å². The van der Waals surface area contributed by atoms with Crippen molar-refractivity contribution in [3.05, 3.63) is 35.4 Å². The number of nitrogens with one attached hydrogen (secondary N) is 2. The Morgan fingerprint density at radius 3 is 1.44 bits per heavy atom. The van der Waals surface area contributed by atoms with Crippen molar-refractivity contribution in [1.82, 2.24) is 0 Å². The number of hydrogen-bond acceptors (Lipinski definition) is 2. The van der Waals surface area contributed by atoms with Gasteiger partial charge in [0.15, 0.2) is 0 Å². The molecule has 6 heteroatoms. The topological polar surface area (TPSA) is 99.7 Å². The molecule has 0 saturated heterocycles. The van der Waals surface area contributed by atoms with Crippen LogP contribution in [0.4, 0.5) is 0 Å². The van der Waals surface area contributed by atoms with E-state index >= 15 is 0 Å². The van der Waals surface area contributed by atoms with E-state index in [0.717, 1.165) is 10.6 Å². The minimum absolute atomic E-state index is 0.0742. The number of hydrogen-bond donors (Lipinski definition) is 4. The monoisotopic (exact) mass is 350 g/mol. The predicted molar refractivity (Wildman–Crippen MR) is 69.2 cm³/mol. The van der Waals surface area contributed by atoms with E-state index in [0.29, 0.717) is 0 Å². The Morgan fingerprint density at radius 1 is 0.875 bits per heavy atom. The van der Waals surface area contributed by atoms with Crippen LogP contribution >= 0.6 is 0 Å². The van der Waals surface area contributed by atoms with E-state index in [1.807, 2.05) is 0 Å². The van der Waals surface area contributed by atoms with Crippen molar-refractivity contribution in [1.29, 1.82) is 10.8 Å². The van der Waals surface area contributed by atoms with Crippen molar-refractivity contribution in [2.75, 3.05) is 0 Å². The second-order valence-corrected chi connectivity index (χ2v) is 7.39. The quantitative estimate of drug-likeness (QED) is 0.327. The first kappa shape index (κ1) is 13.3. The zero-order chi connectivity index (χ0) is 12.0. The van der Waals surface area contributed by atoms with E-state index in [1.165, 1.54) is 11.1 Å². The number of rotatable bonds is 6. The Kier molecular flexibility index (Phi) is 5.56. The molecule has 1 aromatic rings. The maximum atomic E-state index is 7.17. The van der Waals surface area contributed by atoms with Gasteiger partial charge in [0.1, 0.15) is 0 Å². The molecule has 0 saturated carbocycles. The van der Waals surface area contributed by atoms with E-state index in [2.05, 4.69) is 24.3 Å². The molecule has 4 nitrogen and oxygen atoms in total. The summed E-state index contributed by atoms with van der Waals surface area (Å²) in [6, 6.07) is 8.26. The molecule has 0 spiro atoms. The molecule has 0 aliphatic heterocycles. The molecule has 0 radical (unpaired) electrons. The normalized spacial score (nSPS) is 10.0. The fourth-order valence-electron chi connectivity index (χ4n) is 1.05. The van der Waals surface area contributed by atoms with Gasteiger partial charge in [0.25, 0.3) is 0 Å². The predicted octanol–water partition coefficient (Wildman–Crippen LogP) is -0.118. The van der Waals surface area contributed by atoms with Crippen LogP contribution in [-0.4, -0.2) is 39.4 Å². The fraction of sp³-hybridized carbons (Fsp3) is 0.200. The van der Waals surface area contributed by atoms with Gasteiger partial charge in [-0.1, -0.05) is 0 Å². The standard InChI is InChI=1S/C10H14N4Se2/c11-9(12)15-5-7-1-2-8(4-3-7)6-16-10(13)14/h1-4H,5-6H2,(H3,11,12)(H3,13,14). The van der Waals surface area contributed by atoms with Gasteiger partial charge in [0, 0.05) is 0 Å². The molecule has 0 atom stereocenters. The van der Waals surface area contributed by atoms with Crippen molar-refractivity contribution < 1.29 is 0 Å². The van der Waals surface area contributed by atoms with Crippen molar-refractivity contribution in [3.8, 4) is 0 Å². The molecule has 6 N–H and O–H groups in total. The fourth-order valence-corrected chi connectivity index (χ4v) is 3.21. The summed E-state index contributed by atoms with van der Waals surface area (Å²) in [5.74, 6) is 0. The summed E-state index contributed by atoms with van der Waals surface area (Å²) in [5.41, 5.74) is 13.1. The van der Waals surface area contributed by atoms with Gasteiger partial charge >= 0.3 is 108 Å². The Morgan fingerprint density at radius 2 is 1.19 bits per heavy atom. The first-order chi connectivity index (χ1) is 7.58.